The zero-order valence-electron chi connectivity index (χ0n) is 21.5. The third-order valence-corrected chi connectivity index (χ3v) is 6.48. The number of hydrogen-bond donors (Lipinski definition) is 0. The molecule has 0 spiro atoms. The third-order valence-electron chi connectivity index (χ3n) is 6.48. The van der Waals surface area contributed by atoms with E-state index in [0.29, 0.717) is 24.0 Å². The molecule has 37 heavy (non-hydrogen) atoms. The molecule has 0 aliphatic heterocycles. The summed E-state index contributed by atoms with van der Waals surface area (Å²) in [5, 5.41) is 9.36. The van der Waals surface area contributed by atoms with Crippen molar-refractivity contribution in [2.24, 2.45) is 5.92 Å². The standard InChI is InChI=1S/C29H32F3N5/c1-4-9-36(17-22-6-7-22)27-8-5-20(2)10-25(27)19-37(28-34-15-21(3)16-35-28)18-24-11-23(14-33)12-26(13-24)29(30,31)32/h5,8,10-13,15-16,22H,4,6-7,9,17-19H2,1-3H3. The first-order valence-corrected chi connectivity index (χ1v) is 12.7. The fourth-order valence-electron chi connectivity index (χ4n) is 4.53. The van der Waals surface area contributed by atoms with Gasteiger partial charge in [0.25, 0.3) is 0 Å². The molecule has 1 aromatic heterocycles. The van der Waals surface area contributed by atoms with Gasteiger partial charge in [-0.25, -0.2) is 9.97 Å². The normalized spacial score (nSPS) is 13.3. The highest BCUT2D eigenvalue weighted by Gasteiger charge is 2.31. The van der Waals surface area contributed by atoms with Crippen LogP contribution in [-0.4, -0.2) is 23.1 Å². The molecule has 0 bridgehead atoms. The minimum atomic E-state index is -4.54. The summed E-state index contributed by atoms with van der Waals surface area (Å²) in [6, 6.07) is 11.7. The summed E-state index contributed by atoms with van der Waals surface area (Å²) in [7, 11) is 0. The van der Waals surface area contributed by atoms with Gasteiger partial charge in [0.15, 0.2) is 0 Å². The molecule has 1 aliphatic carbocycles. The summed E-state index contributed by atoms with van der Waals surface area (Å²) in [6.45, 7) is 8.59. The van der Waals surface area contributed by atoms with E-state index in [1.807, 2.05) is 24.8 Å². The van der Waals surface area contributed by atoms with E-state index in [-0.39, 0.29) is 12.1 Å². The fourth-order valence-corrected chi connectivity index (χ4v) is 4.53. The first-order valence-electron chi connectivity index (χ1n) is 12.7. The smallest absolute Gasteiger partial charge is 0.371 e. The maximum atomic E-state index is 13.6. The summed E-state index contributed by atoms with van der Waals surface area (Å²) in [6.07, 6.45) is 2.39. The predicted octanol–water partition coefficient (Wildman–Crippen LogP) is 6.82. The molecular formula is C29H32F3N5. The van der Waals surface area contributed by atoms with Crippen LogP contribution in [0.25, 0.3) is 0 Å². The highest BCUT2D eigenvalue weighted by atomic mass is 19.4. The van der Waals surface area contributed by atoms with Crippen molar-refractivity contribution < 1.29 is 13.2 Å². The van der Waals surface area contributed by atoms with Crippen molar-refractivity contribution in [2.75, 3.05) is 22.9 Å². The second-order valence-electron chi connectivity index (χ2n) is 9.97. The Bertz CT molecular complexity index is 1260. The Balaban J connectivity index is 1.73. The van der Waals surface area contributed by atoms with E-state index in [9.17, 15) is 18.4 Å². The molecule has 3 aromatic rings. The lowest BCUT2D eigenvalue weighted by atomic mass is 10.0. The zero-order valence-corrected chi connectivity index (χ0v) is 21.5. The van der Waals surface area contributed by atoms with Gasteiger partial charge in [-0.05, 0) is 80.0 Å². The molecule has 0 radical (unpaired) electrons. The van der Waals surface area contributed by atoms with Gasteiger partial charge in [0.05, 0.1) is 17.2 Å². The molecule has 0 N–H and O–H groups in total. The third kappa shape index (κ3) is 7.00. The molecule has 2 aromatic carbocycles. The van der Waals surface area contributed by atoms with Gasteiger partial charge in [0, 0.05) is 44.3 Å². The quantitative estimate of drug-likeness (QED) is 0.301. The first kappa shape index (κ1) is 26.5. The number of anilines is 2. The van der Waals surface area contributed by atoms with Gasteiger partial charge in [0.1, 0.15) is 0 Å². The Morgan fingerprint density at radius 3 is 2.32 bits per heavy atom. The summed E-state index contributed by atoms with van der Waals surface area (Å²) in [4.78, 5) is 13.3. The van der Waals surface area contributed by atoms with Crippen LogP contribution in [0.4, 0.5) is 24.8 Å². The van der Waals surface area contributed by atoms with E-state index in [1.165, 1.54) is 18.9 Å². The number of rotatable bonds is 10. The van der Waals surface area contributed by atoms with Crippen molar-refractivity contribution in [3.63, 3.8) is 0 Å². The van der Waals surface area contributed by atoms with E-state index < -0.39 is 11.7 Å². The van der Waals surface area contributed by atoms with Crippen molar-refractivity contribution in [3.8, 4) is 6.07 Å². The number of nitrogens with zero attached hydrogens (tertiary/aromatic N) is 5. The molecule has 1 aliphatic rings. The van der Waals surface area contributed by atoms with Gasteiger partial charge in [-0.15, -0.1) is 0 Å². The lowest BCUT2D eigenvalue weighted by Crippen LogP contribution is -2.30. The zero-order chi connectivity index (χ0) is 26.6. The predicted molar refractivity (Wildman–Crippen MR) is 139 cm³/mol. The number of halogens is 3. The molecule has 194 valence electrons. The minimum absolute atomic E-state index is 0.0237. The van der Waals surface area contributed by atoms with Crippen molar-refractivity contribution in [1.82, 2.24) is 9.97 Å². The van der Waals surface area contributed by atoms with Gasteiger partial charge in [-0.2, -0.15) is 18.4 Å². The van der Waals surface area contributed by atoms with Crippen LogP contribution < -0.4 is 9.80 Å². The van der Waals surface area contributed by atoms with E-state index in [1.54, 1.807) is 12.4 Å². The van der Waals surface area contributed by atoms with Crippen molar-refractivity contribution >= 4 is 11.6 Å². The van der Waals surface area contributed by atoms with Crippen LogP contribution in [0.3, 0.4) is 0 Å². The van der Waals surface area contributed by atoms with E-state index >= 15 is 0 Å². The van der Waals surface area contributed by atoms with Gasteiger partial charge in [-0.3, -0.25) is 0 Å². The minimum Gasteiger partial charge on any atom is -0.371 e. The molecule has 1 heterocycles. The fraction of sp³-hybridized carbons (Fsp3) is 0.414. The van der Waals surface area contributed by atoms with Crippen LogP contribution in [0, 0.1) is 31.1 Å². The Morgan fingerprint density at radius 2 is 1.70 bits per heavy atom. The summed E-state index contributed by atoms with van der Waals surface area (Å²) < 4.78 is 40.7. The van der Waals surface area contributed by atoms with Gasteiger partial charge < -0.3 is 9.80 Å². The number of aromatic nitrogens is 2. The van der Waals surface area contributed by atoms with Crippen molar-refractivity contribution in [3.05, 3.63) is 82.2 Å². The summed E-state index contributed by atoms with van der Waals surface area (Å²) in [5.41, 5.74) is 3.74. The Labute approximate surface area is 216 Å². The maximum Gasteiger partial charge on any atom is 0.416 e. The van der Waals surface area contributed by atoms with Crippen molar-refractivity contribution in [2.45, 2.75) is 59.3 Å². The van der Waals surface area contributed by atoms with E-state index in [4.69, 9.17) is 0 Å². The molecule has 4 rings (SSSR count). The Kier molecular flexibility index (Phi) is 8.01. The number of benzene rings is 2. The monoisotopic (exact) mass is 507 g/mol. The van der Waals surface area contributed by atoms with Crippen molar-refractivity contribution in [1.29, 1.82) is 5.26 Å². The Hall–Kier alpha value is -3.60. The number of hydrogen-bond acceptors (Lipinski definition) is 5. The van der Waals surface area contributed by atoms with Crippen LogP contribution in [-0.2, 0) is 19.3 Å². The SMILES string of the molecule is CCCN(CC1CC1)c1ccc(C)cc1CN(Cc1cc(C#N)cc(C(F)(F)F)c1)c1ncc(C)cn1. The average molecular weight is 508 g/mol. The molecule has 8 heteroatoms. The van der Waals surface area contributed by atoms with Crippen LogP contribution >= 0.6 is 0 Å². The summed E-state index contributed by atoms with van der Waals surface area (Å²) in [5.74, 6) is 1.14. The number of aryl methyl sites for hydroxylation is 2. The van der Waals surface area contributed by atoms with Gasteiger partial charge in [-0.1, -0.05) is 24.6 Å². The average Bonchev–Trinajstić information content (AvgIpc) is 3.67. The lowest BCUT2D eigenvalue weighted by molar-refractivity contribution is -0.137. The molecule has 0 saturated heterocycles. The molecular weight excluding hydrogens is 475 g/mol. The van der Waals surface area contributed by atoms with Crippen LogP contribution in [0.2, 0.25) is 0 Å². The second-order valence-corrected chi connectivity index (χ2v) is 9.97. The van der Waals surface area contributed by atoms with Crippen LogP contribution in [0.5, 0.6) is 0 Å². The van der Waals surface area contributed by atoms with Gasteiger partial charge in [0.2, 0.25) is 5.95 Å². The Morgan fingerprint density at radius 1 is 0.973 bits per heavy atom. The summed E-state index contributed by atoms with van der Waals surface area (Å²) >= 11 is 0. The first-order chi connectivity index (χ1) is 17.7. The highest BCUT2D eigenvalue weighted by Crippen LogP contribution is 2.34. The topological polar surface area (TPSA) is 56.0 Å². The molecule has 1 fully saturated rings. The molecule has 0 atom stereocenters. The molecule has 1 saturated carbocycles. The number of alkyl halides is 3. The molecule has 0 unspecified atom stereocenters. The number of nitriles is 1. The lowest BCUT2D eigenvalue weighted by Gasteiger charge is -2.30. The van der Waals surface area contributed by atoms with Gasteiger partial charge >= 0.3 is 6.18 Å². The highest BCUT2D eigenvalue weighted by molar-refractivity contribution is 5.57. The largest absolute Gasteiger partial charge is 0.416 e. The van der Waals surface area contributed by atoms with E-state index in [2.05, 4.69) is 40.0 Å². The van der Waals surface area contributed by atoms with E-state index in [0.717, 1.165) is 54.0 Å². The van der Waals surface area contributed by atoms with Crippen LogP contribution in [0.15, 0.2) is 48.8 Å². The second kappa shape index (κ2) is 11.2. The maximum absolute atomic E-state index is 13.6. The van der Waals surface area contributed by atoms with Crippen LogP contribution in [0.1, 0.15) is 59.6 Å². The molecule has 5 nitrogen and oxygen atoms in total. The molecule has 0 amide bonds.